The van der Waals surface area contributed by atoms with Crippen molar-refractivity contribution in [3.8, 4) is 0 Å². The van der Waals surface area contributed by atoms with Gasteiger partial charge in [0.15, 0.2) is 0 Å². The van der Waals surface area contributed by atoms with Crippen LogP contribution in [0, 0.1) is 0 Å². The number of aromatic carboxylic acids is 2. The number of hydrogen-bond acceptors (Lipinski definition) is 4. The molecular weight excluding hydrogens is 196 g/mol. The second-order valence-electron chi connectivity index (χ2n) is 2.30. The fraction of sp³-hybridized carbons (Fsp3) is 0. The minimum atomic E-state index is -1.48. The van der Waals surface area contributed by atoms with Gasteiger partial charge in [0.2, 0.25) is 0 Å². The van der Waals surface area contributed by atoms with Crippen LogP contribution < -0.4 is 10.2 Å². The minimum absolute atomic E-state index is 0.0147. The lowest BCUT2D eigenvalue weighted by atomic mass is 10.1. The van der Waals surface area contributed by atoms with E-state index in [0.717, 1.165) is 18.2 Å². The van der Waals surface area contributed by atoms with E-state index in [1.807, 2.05) is 0 Å². The van der Waals surface area contributed by atoms with Gasteiger partial charge in [-0.2, -0.15) is 0 Å². The van der Waals surface area contributed by atoms with Gasteiger partial charge in [0, 0.05) is 5.02 Å². The van der Waals surface area contributed by atoms with Crippen LogP contribution in [0.25, 0.3) is 0 Å². The number of benzene rings is 1. The number of carboxylic acid groups (broad SMARTS) is 2. The van der Waals surface area contributed by atoms with Gasteiger partial charge in [0.1, 0.15) is 0 Å². The van der Waals surface area contributed by atoms with E-state index in [-0.39, 0.29) is 16.1 Å². The fourth-order valence-corrected chi connectivity index (χ4v) is 1.06. The first-order chi connectivity index (χ1) is 6.00. The van der Waals surface area contributed by atoms with Crippen molar-refractivity contribution in [3.05, 3.63) is 34.3 Å². The molecule has 0 aliphatic rings. The van der Waals surface area contributed by atoms with Crippen LogP contribution in [0.2, 0.25) is 5.02 Å². The summed E-state index contributed by atoms with van der Waals surface area (Å²) >= 11 is 5.46. The van der Waals surface area contributed by atoms with Crippen LogP contribution in [0.5, 0.6) is 0 Å². The van der Waals surface area contributed by atoms with Gasteiger partial charge >= 0.3 is 0 Å². The summed E-state index contributed by atoms with van der Waals surface area (Å²) < 4.78 is 0. The highest BCUT2D eigenvalue weighted by Gasteiger charge is 2.00. The maximum Gasteiger partial charge on any atom is 0.0716 e. The molecule has 0 heterocycles. The molecule has 0 N–H and O–H groups in total. The summed E-state index contributed by atoms with van der Waals surface area (Å²) in [5.41, 5.74) is -0.571. The third kappa shape index (κ3) is 2.19. The van der Waals surface area contributed by atoms with E-state index in [1.165, 1.54) is 0 Å². The monoisotopic (exact) mass is 198 g/mol. The van der Waals surface area contributed by atoms with Crippen molar-refractivity contribution in [2.24, 2.45) is 0 Å². The highest BCUT2D eigenvalue weighted by molar-refractivity contribution is 6.31. The molecular formula is C8H3ClO4-2. The van der Waals surface area contributed by atoms with Gasteiger partial charge in [-0.15, -0.1) is 0 Å². The summed E-state index contributed by atoms with van der Waals surface area (Å²) in [4.78, 5) is 20.7. The van der Waals surface area contributed by atoms with Crippen molar-refractivity contribution in [3.63, 3.8) is 0 Å². The quantitative estimate of drug-likeness (QED) is 0.615. The van der Waals surface area contributed by atoms with E-state index in [2.05, 4.69) is 0 Å². The van der Waals surface area contributed by atoms with Crippen molar-refractivity contribution < 1.29 is 19.8 Å². The number of hydrogen-bond donors (Lipinski definition) is 0. The summed E-state index contributed by atoms with van der Waals surface area (Å²) in [5, 5.41) is 20.7. The zero-order valence-electron chi connectivity index (χ0n) is 6.24. The Bertz CT molecular complexity index is 340. The fourth-order valence-electron chi connectivity index (χ4n) is 0.825. The van der Waals surface area contributed by atoms with Crippen LogP contribution in [-0.4, -0.2) is 11.9 Å². The molecule has 0 amide bonds. The summed E-state index contributed by atoms with van der Waals surface area (Å²) in [6, 6.07) is 3.13. The average molecular weight is 199 g/mol. The highest BCUT2D eigenvalue weighted by Crippen LogP contribution is 2.14. The minimum Gasteiger partial charge on any atom is -0.545 e. The van der Waals surface area contributed by atoms with Crippen molar-refractivity contribution in [1.29, 1.82) is 0 Å². The van der Waals surface area contributed by atoms with Gasteiger partial charge in [-0.25, -0.2) is 0 Å². The van der Waals surface area contributed by atoms with E-state index in [9.17, 15) is 19.8 Å². The molecule has 0 saturated heterocycles. The molecule has 4 nitrogen and oxygen atoms in total. The molecule has 0 unspecified atom stereocenters. The maximum absolute atomic E-state index is 10.3. The zero-order valence-corrected chi connectivity index (χ0v) is 7.00. The van der Waals surface area contributed by atoms with E-state index >= 15 is 0 Å². The molecule has 1 aromatic rings. The Morgan fingerprint density at radius 2 is 1.38 bits per heavy atom. The molecule has 0 saturated carbocycles. The van der Waals surface area contributed by atoms with Gasteiger partial charge in [-0.05, 0) is 29.3 Å². The lowest BCUT2D eigenvalue weighted by Gasteiger charge is -2.07. The lowest BCUT2D eigenvalue weighted by Crippen LogP contribution is -2.25. The van der Waals surface area contributed by atoms with Crippen molar-refractivity contribution in [2.75, 3.05) is 0 Å². The highest BCUT2D eigenvalue weighted by atomic mass is 35.5. The third-order valence-electron chi connectivity index (χ3n) is 1.37. The van der Waals surface area contributed by atoms with Crippen molar-refractivity contribution in [2.45, 2.75) is 0 Å². The Balaban J connectivity index is 3.26. The first-order valence-electron chi connectivity index (χ1n) is 3.24. The third-order valence-corrected chi connectivity index (χ3v) is 1.59. The molecule has 0 aliphatic heterocycles. The average Bonchev–Trinajstić information content (AvgIpc) is 2.03. The Kier molecular flexibility index (Phi) is 2.53. The van der Waals surface area contributed by atoms with Gasteiger partial charge in [-0.1, -0.05) is 11.6 Å². The molecule has 0 spiro atoms. The number of carbonyl (C=O) groups excluding carboxylic acids is 2. The van der Waals surface area contributed by atoms with Gasteiger partial charge in [0.25, 0.3) is 0 Å². The maximum atomic E-state index is 10.3. The summed E-state index contributed by atoms with van der Waals surface area (Å²) in [7, 11) is 0. The molecule has 13 heavy (non-hydrogen) atoms. The second kappa shape index (κ2) is 3.45. The van der Waals surface area contributed by atoms with Gasteiger partial charge < -0.3 is 19.8 Å². The number of carbonyl (C=O) groups is 2. The first kappa shape index (κ1) is 9.54. The molecule has 1 rings (SSSR count). The number of carboxylic acids is 2. The smallest absolute Gasteiger partial charge is 0.0716 e. The Labute approximate surface area is 78.4 Å². The van der Waals surface area contributed by atoms with Gasteiger partial charge in [-0.3, -0.25) is 0 Å². The molecule has 5 heteroatoms. The Morgan fingerprint density at radius 3 is 1.69 bits per heavy atom. The van der Waals surface area contributed by atoms with E-state index in [0.29, 0.717) is 0 Å². The second-order valence-corrected chi connectivity index (χ2v) is 2.74. The predicted molar refractivity (Wildman–Crippen MR) is 40.1 cm³/mol. The summed E-state index contributed by atoms with van der Waals surface area (Å²) in [5.74, 6) is -2.96. The van der Waals surface area contributed by atoms with Crippen LogP contribution in [0.3, 0.4) is 0 Å². The van der Waals surface area contributed by atoms with Crippen LogP contribution in [0.4, 0.5) is 0 Å². The van der Waals surface area contributed by atoms with Crippen LogP contribution >= 0.6 is 11.6 Å². The predicted octanol–water partition coefficient (Wildman–Crippen LogP) is -0.933. The molecule has 68 valence electrons. The van der Waals surface area contributed by atoms with E-state index in [1.54, 1.807) is 0 Å². The Morgan fingerprint density at radius 1 is 1.00 bits per heavy atom. The van der Waals surface area contributed by atoms with Crippen LogP contribution in [0.1, 0.15) is 20.7 Å². The van der Waals surface area contributed by atoms with E-state index in [4.69, 9.17) is 11.6 Å². The van der Waals surface area contributed by atoms with Crippen LogP contribution in [-0.2, 0) is 0 Å². The van der Waals surface area contributed by atoms with E-state index < -0.39 is 11.9 Å². The molecule has 0 radical (unpaired) electrons. The topological polar surface area (TPSA) is 80.3 Å². The lowest BCUT2D eigenvalue weighted by molar-refractivity contribution is -0.255. The molecule has 0 aliphatic carbocycles. The normalized spacial score (nSPS) is 9.62. The first-order valence-corrected chi connectivity index (χ1v) is 3.62. The summed E-state index contributed by atoms with van der Waals surface area (Å²) in [6.45, 7) is 0. The zero-order chi connectivity index (χ0) is 10.0. The number of halogens is 1. The van der Waals surface area contributed by atoms with Crippen molar-refractivity contribution >= 4 is 23.5 Å². The molecule has 0 atom stereocenters. The molecule has 0 fully saturated rings. The largest absolute Gasteiger partial charge is 0.545 e. The summed E-state index contributed by atoms with van der Waals surface area (Å²) in [6.07, 6.45) is 0. The van der Waals surface area contributed by atoms with Crippen molar-refractivity contribution in [1.82, 2.24) is 0 Å². The number of rotatable bonds is 2. The standard InChI is InChI=1S/C8H5ClO4/c9-6-2-4(7(10)11)1-5(3-6)8(12)13/h1-3H,(H,10,11)(H,12,13)/p-2. The Hall–Kier alpha value is -1.55. The molecule has 0 aromatic heterocycles. The SMILES string of the molecule is O=C([O-])c1cc(Cl)cc(C(=O)[O-])c1. The van der Waals surface area contributed by atoms with Crippen LogP contribution in [0.15, 0.2) is 18.2 Å². The van der Waals surface area contributed by atoms with Gasteiger partial charge in [0.05, 0.1) is 11.9 Å². The molecule has 1 aromatic carbocycles. The molecule has 0 bridgehead atoms.